The van der Waals surface area contributed by atoms with Crippen molar-refractivity contribution in [3.63, 3.8) is 0 Å². The number of aromatic amines is 1. The Bertz CT molecular complexity index is 1720. The monoisotopic (exact) mass is 563 g/mol. The minimum Gasteiger partial charge on any atom is -0.366 e. The Balaban J connectivity index is 1.36. The van der Waals surface area contributed by atoms with E-state index in [-0.39, 0.29) is 17.7 Å². The van der Waals surface area contributed by atoms with Gasteiger partial charge in [-0.1, -0.05) is 36.4 Å². The summed E-state index contributed by atoms with van der Waals surface area (Å²) in [6.07, 6.45) is 2.95. The molecule has 0 fully saturated rings. The number of H-pyrrole nitrogens is 1. The minimum atomic E-state index is -0.494. The van der Waals surface area contributed by atoms with Crippen LogP contribution in [0.15, 0.2) is 54.6 Å². The van der Waals surface area contributed by atoms with Gasteiger partial charge in [0.15, 0.2) is 0 Å². The van der Waals surface area contributed by atoms with Crippen LogP contribution in [-0.4, -0.2) is 54.8 Å². The van der Waals surface area contributed by atoms with Gasteiger partial charge in [0.1, 0.15) is 0 Å². The molecule has 0 bridgehead atoms. The molecule has 0 spiro atoms. The van der Waals surface area contributed by atoms with Crippen molar-refractivity contribution < 1.29 is 14.4 Å². The number of carbonyl (C=O) groups is 3. The molecule has 6 rings (SSSR count). The zero-order valence-corrected chi connectivity index (χ0v) is 24.4. The summed E-state index contributed by atoms with van der Waals surface area (Å²) in [5.41, 5.74) is 14.7. The lowest BCUT2D eigenvalue weighted by atomic mass is 9.84. The molecule has 1 aliphatic carbocycles. The maximum atomic E-state index is 13.3. The third-order valence-corrected chi connectivity index (χ3v) is 8.77. The van der Waals surface area contributed by atoms with Gasteiger partial charge in [0.05, 0.1) is 17.6 Å². The van der Waals surface area contributed by atoms with Crippen LogP contribution in [0, 0.1) is 12.8 Å². The topological polar surface area (TPSA) is 112 Å². The highest BCUT2D eigenvalue weighted by atomic mass is 16.2. The van der Waals surface area contributed by atoms with Gasteiger partial charge in [-0.2, -0.15) is 0 Å². The average molecular weight is 564 g/mol. The van der Waals surface area contributed by atoms with E-state index in [9.17, 15) is 14.4 Å². The summed E-state index contributed by atoms with van der Waals surface area (Å²) < 4.78 is 0. The number of amides is 3. The van der Waals surface area contributed by atoms with Crippen molar-refractivity contribution in [1.82, 2.24) is 15.2 Å². The molecule has 4 aromatic rings. The molecule has 2 heterocycles. The average Bonchev–Trinajstić information content (AvgIpc) is 3.52. The van der Waals surface area contributed by atoms with E-state index in [1.807, 2.05) is 68.4 Å². The quantitative estimate of drug-likeness (QED) is 0.273. The van der Waals surface area contributed by atoms with E-state index in [1.54, 1.807) is 6.07 Å². The van der Waals surface area contributed by atoms with Crippen LogP contribution < -0.4 is 16.0 Å². The lowest BCUT2D eigenvalue weighted by Crippen LogP contribution is -2.35. The first-order valence-corrected chi connectivity index (χ1v) is 14.6. The van der Waals surface area contributed by atoms with Gasteiger partial charge in [-0.05, 0) is 99.3 Å². The third kappa shape index (κ3) is 4.86. The summed E-state index contributed by atoms with van der Waals surface area (Å²) in [5.74, 6) is -0.539. The van der Waals surface area contributed by atoms with E-state index in [4.69, 9.17) is 5.73 Å². The maximum absolute atomic E-state index is 13.3. The van der Waals surface area contributed by atoms with E-state index in [2.05, 4.69) is 21.3 Å². The molecular weight excluding hydrogens is 526 g/mol. The number of rotatable bonds is 8. The smallest absolute Gasteiger partial charge is 0.258 e. The fourth-order valence-corrected chi connectivity index (χ4v) is 6.60. The molecule has 8 nitrogen and oxygen atoms in total. The molecule has 3 aromatic carbocycles. The largest absolute Gasteiger partial charge is 0.366 e. The van der Waals surface area contributed by atoms with Crippen LogP contribution in [0.2, 0.25) is 0 Å². The molecule has 4 N–H and O–H groups in total. The number of primary amides is 1. The molecular formula is C34H37N5O3. The third-order valence-electron chi connectivity index (χ3n) is 8.77. The minimum absolute atomic E-state index is 0.00475. The van der Waals surface area contributed by atoms with Gasteiger partial charge in [0, 0.05) is 34.8 Å². The lowest BCUT2D eigenvalue weighted by Gasteiger charge is -2.23. The Kier molecular flexibility index (Phi) is 7.33. The molecule has 0 saturated heterocycles. The summed E-state index contributed by atoms with van der Waals surface area (Å²) in [7, 11) is 4.05. The van der Waals surface area contributed by atoms with Crippen molar-refractivity contribution in [2.24, 2.45) is 11.7 Å². The van der Waals surface area contributed by atoms with Gasteiger partial charge >= 0.3 is 0 Å². The zero-order valence-electron chi connectivity index (χ0n) is 24.4. The fourth-order valence-electron chi connectivity index (χ4n) is 6.60. The normalized spacial score (nSPS) is 16.1. The van der Waals surface area contributed by atoms with Gasteiger partial charge in [-0.15, -0.1) is 0 Å². The predicted molar refractivity (Wildman–Crippen MR) is 166 cm³/mol. The van der Waals surface area contributed by atoms with Gasteiger partial charge in [-0.3, -0.25) is 14.4 Å². The Hall–Kier alpha value is -4.43. The Morgan fingerprint density at radius 2 is 1.83 bits per heavy atom. The molecule has 1 unspecified atom stereocenters. The van der Waals surface area contributed by atoms with Crippen LogP contribution in [0.25, 0.3) is 22.0 Å². The Morgan fingerprint density at radius 1 is 1.05 bits per heavy atom. The molecule has 0 saturated carbocycles. The SMILES string of the molecule is Cc1c(-c2ccc(C(N)=O)c3[nH]c4c(c23)CCC(C(=O)NCCCN(C)C)C4)cccc1N1Cc2ccccc2C1=O. The second-order valence-electron chi connectivity index (χ2n) is 11.7. The number of fused-ring (bicyclic) bond motifs is 4. The van der Waals surface area contributed by atoms with Gasteiger partial charge in [-0.25, -0.2) is 0 Å². The summed E-state index contributed by atoms with van der Waals surface area (Å²) >= 11 is 0. The van der Waals surface area contributed by atoms with Crippen LogP contribution in [-0.2, 0) is 24.2 Å². The molecule has 1 aliphatic heterocycles. The second-order valence-corrected chi connectivity index (χ2v) is 11.7. The number of nitrogens with two attached hydrogens (primary N) is 1. The summed E-state index contributed by atoms with van der Waals surface area (Å²) in [5, 5.41) is 4.08. The van der Waals surface area contributed by atoms with Crippen molar-refractivity contribution in [2.75, 3.05) is 32.1 Å². The van der Waals surface area contributed by atoms with Crippen molar-refractivity contribution >= 4 is 34.3 Å². The first-order chi connectivity index (χ1) is 20.2. The number of carbonyl (C=O) groups excluding carboxylic acids is 3. The number of anilines is 1. The highest BCUT2D eigenvalue weighted by Crippen LogP contribution is 2.42. The van der Waals surface area contributed by atoms with Crippen LogP contribution in [0.3, 0.4) is 0 Å². The number of aromatic nitrogens is 1. The van der Waals surface area contributed by atoms with E-state index in [0.29, 0.717) is 30.6 Å². The number of hydrogen-bond donors (Lipinski definition) is 3. The molecule has 1 atom stereocenters. The Morgan fingerprint density at radius 3 is 2.60 bits per heavy atom. The van der Waals surface area contributed by atoms with Crippen LogP contribution in [0.5, 0.6) is 0 Å². The van der Waals surface area contributed by atoms with Gasteiger partial charge < -0.3 is 25.8 Å². The molecule has 42 heavy (non-hydrogen) atoms. The number of nitrogens with zero attached hydrogens (tertiary/aromatic N) is 2. The number of benzene rings is 3. The van der Waals surface area contributed by atoms with Crippen LogP contribution in [0.4, 0.5) is 5.69 Å². The lowest BCUT2D eigenvalue weighted by molar-refractivity contribution is -0.125. The summed E-state index contributed by atoms with van der Waals surface area (Å²) in [6.45, 7) is 4.16. The standard InChI is InChI=1S/C34H37N5O3/c1-20-23(10-6-11-29(20)39-19-22-8-4-5-9-24(22)34(39)42)25-14-15-27(32(35)40)31-30(25)26-13-12-21(18-28(26)37-31)33(41)36-16-7-17-38(2)3/h4-6,8-11,14-15,21,37H,7,12-13,16-19H2,1-3H3,(H2,35,40)(H,36,41). The molecule has 216 valence electrons. The van der Waals surface area contributed by atoms with Crippen LogP contribution in [0.1, 0.15) is 55.9 Å². The molecule has 1 aromatic heterocycles. The van der Waals surface area contributed by atoms with Crippen molar-refractivity contribution in [3.8, 4) is 11.1 Å². The number of aryl methyl sites for hydroxylation is 1. The maximum Gasteiger partial charge on any atom is 0.258 e. The van der Waals surface area contributed by atoms with E-state index in [0.717, 1.165) is 76.0 Å². The van der Waals surface area contributed by atoms with E-state index in [1.165, 1.54) is 0 Å². The summed E-state index contributed by atoms with van der Waals surface area (Å²) in [6, 6.07) is 17.5. The van der Waals surface area contributed by atoms with Crippen molar-refractivity contribution in [2.45, 2.75) is 39.2 Å². The molecule has 8 heteroatoms. The van der Waals surface area contributed by atoms with Gasteiger partial charge in [0.25, 0.3) is 11.8 Å². The van der Waals surface area contributed by atoms with Crippen LogP contribution >= 0.6 is 0 Å². The Labute approximate surface area is 245 Å². The predicted octanol–water partition coefficient (Wildman–Crippen LogP) is 4.58. The highest BCUT2D eigenvalue weighted by Gasteiger charge is 2.32. The van der Waals surface area contributed by atoms with E-state index < -0.39 is 5.91 Å². The number of hydrogen-bond acceptors (Lipinski definition) is 4. The first-order valence-electron chi connectivity index (χ1n) is 14.6. The molecule has 2 aliphatic rings. The zero-order chi connectivity index (χ0) is 29.5. The second kappa shape index (κ2) is 11.1. The van der Waals surface area contributed by atoms with Gasteiger partial charge in [0.2, 0.25) is 5.91 Å². The molecule has 0 radical (unpaired) electrons. The summed E-state index contributed by atoms with van der Waals surface area (Å²) in [4.78, 5) is 46.2. The highest BCUT2D eigenvalue weighted by molar-refractivity contribution is 6.13. The van der Waals surface area contributed by atoms with Crippen molar-refractivity contribution in [3.05, 3.63) is 88.1 Å². The van der Waals surface area contributed by atoms with Crippen molar-refractivity contribution in [1.29, 1.82) is 0 Å². The van der Waals surface area contributed by atoms with E-state index >= 15 is 0 Å². The molecule has 3 amide bonds. The number of nitrogens with one attached hydrogen (secondary N) is 2. The fraction of sp³-hybridized carbons (Fsp3) is 0.324. The first kappa shape index (κ1) is 27.7.